The first kappa shape index (κ1) is 15.3. The van der Waals surface area contributed by atoms with Gasteiger partial charge < -0.3 is 4.90 Å². The van der Waals surface area contributed by atoms with E-state index in [9.17, 15) is 13.2 Å². The van der Waals surface area contributed by atoms with Gasteiger partial charge in [-0.3, -0.25) is 4.79 Å². The number of carbonyl (C=O) groups excluding carboxylic acids is 1. The van der Waals surface area contributed by atoms with Crippen molar-refractivity contribution in [2.45, 2.75) is 30.6 Å². The molecule has 1 saturated heterocycles. The Bertz CT molecular complexity index is 608. The second-order valence-electron chi connectivity index (χ2n) is 4.86. The van der Waals surface area contributed by atoms with Crippen molar-refractivity contribution in [2.75, 3.05) is 13.1 Å². The Labute approximate surface area is 123 Å². The molecule has 1 fully saturated rings. The van der Waals surface area contributed by atoms with Gasteiger partial charge in [-0.25, -0.2) is 13.6 Å². The highest BCUT2D eigenvalue weighted by Crippen LogP contribution is 2.25. The van der Waals surface area contributed by atoms with Gasteiger partial charge in [0.15, 0.2) is 0 Å². The van der Waals surface area contributed by atoms with Crippen LogP contribution in [0.1, 0.15) is 36.0 Å². The molecule has 0 aromatic heterocycles. The third-order valence-electron chi connectivity index (χ3n) is 3.39. The molecule has 0 bridgehead atoms. The first-order valence-electron chi connectivity index (χ1n) is 6.52. The highest BCUT2D eigenvalue weighted by atomic mass is 35.5. The Kier molecular flexibility index (Phi) is 4.67. The number of nitrogens with zero attached hydrogens (tertiary/aromatic N) is 1. The highest BCUT2D eigenvalue weighted by Gasteiger charge is 2.26. The van der Waals surface area contributed by atoms with Crippen LogP contribution in [-0.2, 0) is 10.0 Å². The predicted molar refractivity (Wildman–Crippen MR) is 77.2 cm³/mol. The monoisotopic (exact) mass is 316 g/mol. The predicted octanol–water partition coefficient (Wildman–Crippen LogP) is 2.00. The van der Waals surface area contributed by atoms with E-state index in [1.165, 1.54) is 18.2 Å². The second kappa shape index (κ2) is 6.11. The molecule has 20 heavy (non-hydrogen) atoms. The molecule has 1 amide bonds. The molecule has 0 spiro atoms. The van der Waals surface area contributed by atoms with Gasteiger partial charge in [0.25, 0.3) is 5.91 Å². The van der Waals surface area contributed by atoms with Crippen molar-refractivity contribution in [2.24, 2.45) is 5.14 Å². The molecule has 2 rings (SSSR count). The number of benzene rings is 1. The average Bonchev–Trinajstić information content (AvgIpc) is 2.65. The lowest BCUT2D eigenvalue weighted by molar-refractivity contribution is 0.0758. The topological polar surface area (TPSA) is 80.5 Å². The van der Waals surface area contributed by atoms with Gasteiger partial charge in [0.05, 0.1) is 15.5 Å². The molecule has 0 unspecified atom stereocenters. The smallest absolute Gasteiger partial charge is 0.256 e. The molecule has 1 aromatic carbocycles. The number of nitrogens with two attached hydrogens (primary N) is 1. The summed E-state index contributed by atoms with van der Waals surface area (Å²) in [5.74, 6) is -0.360. The molecule has 1 aliphatic rings. The Hall–Kier alpha value is -1.11. The summed E-state index contributed by atoms with van der Waals surface area (Å²) in [6.07, 6.45) is 3.99. The van der Waals surface area contributed by atoms with Crippen molar-refractivity contribution in [1.29, 1.82) is 0 Å². The van der Waals surface area contributed by atoms with Crippen LogP contribution in [0.15, 0.2) is 23.1 Å². The first-order valence-corrected chi connectivity index (χ1v) is 8.44. The number of halogens is 1. The lowest BCUT2D eigenvalue weighted by Crippen LogP contribution is -2.33. The number of hydrogen-bond acceptors (Lipinski definition) is 3. The molecule has 110 valence electrons. The van der Waals surface area contributed by atoms with Crippen LogP contribution in [0.25, 0.3) is 0 Å². The fraction of sp³-hybridized carbons (Fsp3) is 0.462. The van der Waals surface area contributed by atoms with E-state index < -0.39 is 10.0 Å². The van der Waals surface area contributed by atoms with Crippen molar-refractivity contribution in [3.63, 3.8) is 0 Å². The normalized spacial score (nSPS) is 16.8. The van der Waals surface area contributed by atoms with Gasteiger partial charge >= 0.3 is 0 Å². The summed E-state index contributed by atoms with van der Waals surface area (Å²) in [6, 6.07) is 4.29. The fourth-order valence-electron chi connectivity index (χ4n) is 2.38. The standard InChI is InChI=1S/C13H17ClN2O3S/c14-10-6-5-7-11(20(15,18)19)12(10)13(17)16-8-3-1-2-4-9-16/h5-7H,1-4,8-9H2,(H2,15,18,19). The molecule has 7 heteroatoms. The summed E-state index contributed by atoms with van der Waals surface area (Å²) in [5, 5.41) is 5.28. The third kappa shape index (κ3) is 3.31. The van der Waals surface area contributed by atoms with Gasteiger partial charge in [0, 0.05) is 13.1 Å². The largest absolute Gasteiger partial charge is 0.339 e. The molecule has 0 saturated carbocycles. The maximum Gasteiger partial charge on any atom is 0.256 e. The Balaban J connectivity index is 2.43. The number of sulfonamides is 1. The quantitative estimate of drug-likeness (QED) is 0.906. The van der Waals surface area contributed by atoms with Gasteiger partial charge in [-0.1, -0.05) is 30.5 Å². The summed E-state index contributed by atoms with van der Waals surface area (Å²) in [7, 11) is -3.98. The van der Waals surface area contributed by atoms with Crippen LogP contribution in [0.2, 0.25) is 5.02 Å². The first-order chi connectivity index (χ1) is 9.41. The molecule has 1 aliphatic heterocycles. The van der Waals surface area contributed by atoms with E-state index in [-0.39, 0.29) is 21.4 Å². The summed E-state index contributed by atoms with van der Waals surface area (Å²) >= 11 is 6.02. The molecule has 1 aromatic rings. The Morgan fingerprint density at radius 3 is 2.30 bits per heavy atom. The van der Waals surface area contributed by atoms with Crippen LogP contribution in [0.3, 0.4) is 0 Å². The van der Waals surface area contributed by atoms with E-state index in [0.29, 0.717) is 13.1 Å². The van der Waals surface area contributed by atoms with Crippen LogP contribution in [0.5, 0.6) is 0 Å². The number of hydrogen-bond donors (Lipinski definition) is 1. The SMILES string of the molecule is NS(=O)(=O)c1cccc(Cl)c1C(=O)N1CCCCCC1. The Morgan fingerprint density at radius 1 is 1.15 bits per heavy atom. The van der Waals surface area contributed by atoms with Crippen LogP contribution >= 0.6 is 11.6 Å². The molecular weight excluding hydrogens is 300 g/mol. The molecule has 5 nitrogen and oxygen atoms in total. The van der Waals surface area contributed by atoms with E-state index in [1.54, 1.807) is 4.90 Å². The van der Waals surface area contributed by atoms with Gasteiger partial charge in [-0.2, -0.15) is 0 Å². The fourth-order valence-corrected chi connectivity index (χ4v) is 3.44. The molecule has 0 radical (unpaired) electrons. The minimum absolute atomic E-state index is 0.0152. The van der Waals surface area contributed by atoms with E-state index >= 15 is 0 Å². The van der Waals surface area contributed by atoms with Crippen molar-refractivity contribution >= 4 is 27.5 Å². The lowest BCUT2D eigenvalue weighted by Gasteiger charge is -2.22. The van der Waals surface area contributed by atoms with Crippen molar-refractivity contribution in [3.8, 4) is 0 Å². The molecule has 2 N–H and O–H groups in total. The number of carbonyl (C=O) groups is 1. The van der Waals surface area contributed by atoms with E-state index in [1.807, 2.05) is 0 Å². The van der Waals surface area contributed by atoms with E-state index in [0.717, 1.165) is 25.7 Å². The second-order valence-corrected chi connectivity index (χ2v) is 6.80. The molecule has 0 aliphatic carbocycles. The van der Waals surface area contributed by atoms with E-state index in [4.69, 9.17) is 16.7 Å². The minimum atomic E-state index is -3.98. The van der Waals surface area contributed by atoms with Crippen LogP contribution < -0.4 is 5.14 Å². The van der Waals surface area contributed by atoms with Crippen molar-refractivity contribution in [3.05, 3.63) is 28.8 Å². The highest BCUT2D eigenvalue weighted by molar-refractivity contribution is 7.89. The zero-order valence-corrected chi connectivity index (χ0v) is 12.6. The molecule has 1 heterocycles. The zero-order chi connectivity index (χ0) is 14.8. The average molecular weight is 317 g/mol. The van der Waals surface area contributed by atoms with Crippen LogP contribution in [0.4, 0.5) is 0 Å². The summed E-state index contributed by atoms with van der Waals surface area (Å²) in [4.78, 5) is 14.0. The van der Waals surface area contributed by atoms with Gasteiger partial charge in [0.1, 0.15) is 0 Å². The number of amides is 1. The number of likely N-dealkylation sites (tertiary alicyclic amines) is 1. The summed E-state index contributed by atoms with van der Waals surface area (Å²) in [6.45, 7) is 1.24. The molecular formula is C13H17ClN2O3S. The third-order valence-corrected chi connectivity index (χ3v) is 4.66. The zero-order valence-electron chi connectivity index (χ0n) is 11.0. The summed E-state index contributed by atoms with van der Waals surface area (Å²) < 4.78 is 23.2. The molecule has 0 atom stereocenters. The number of rotatable bonds is 2. The summed E-state index contributed by atoms with van der Waals surface area (Å²) in [5.41, 5.74) is -0.0152. The van der Waals surface area contributed by atoms with Crippen LogP contribution in [0, 0.1) is 0 Å². The van der Waals surface area contributed by atoms with Gasteiger partial charge in [0.2, 0.25) is 10.0 Å². The Morgan fingerprint density at radius 2 is 1.75 bits per heavy atom. The van der Waals surface area contributed by atoms with E-state index in [2.05, 4.69) is 0 Å². The van der Waals surface area contributed by atoms with Crippen LogP contribution in [-0.4, -0.2) is 32.3 Å². The minimum Gasteiger partial charge on any atom is -0.339 e. The maximum absolute atomic E-state index is 12.6. The number of primary sulfonamides is 1. The maximum atomic E-state index is 12.6. The lowest BCUT2D eigenvalue weighted by atomic mass is 10.2. The van der Waals surface area contributed by atoms with Crippen molar-refractivity contribution in [1.82, 2.24) is 4.90 Å². The van der Waals surface area contributed by atoms with Gasteiger partial charge in [-0.05, 0) is 25.0 Å². The van der Waals surface area contributed by atoms with Crippen molar-refractivity contribution < 1.29 is 13.2 Å². The van der Waals surface area contributed by atoms with Gasteiger partial charge in [-0.15, -0.1) is 0 Å².